The molecule has 0 saturated heterocycles. The summed E-state index contributed by atoms with van der Waals surface area (Å²) in [5.74, 6) is 1.15. The number of nitrogen functional groups attached to an aromatic ring is 1. The Kier molecular flexibility index (Phi) is 3.99. The van der Waals surface area contributed by atoms with Gasteiger partial charge in [0, 0.05) is 5.69 Å². The third kappa shape index (κ3) is 3.34. The molecular formula is C12H18ClN3. The van der Waals surface area contributed by atoms with Crippen LogP contribution >= 0.6 is 11.6 Å². The zero-order valence-corrected chi connectivity index (χ0v) is 10.2. The first-order valence-electron chi connectivity index (χ1n) is 6.03. The topological polar surface area (TPSA) is 51.8 Å². The van der Waals surface area contributed by atoms with Crippen molar-refractivity contribution < 1.29 is 0 Å². The molecule has 1 aromatic heterocycles. The predicted octanol–water partition coefficient (Wildman–Crippen LogP) is 3.23. The fourth-order valence-corrected chi connectivity index (χ4v) is 2.65. The maximum atomic E-state index is 5.84. The minimum Gasteiger partial charge on any atom is -0.368 e. The van der Waals surface area contributed by atoms with Crippen molar-refractivity contribution in [3.8, 4) is 0 Å². The van der Waals surface area contributed by atoms with Gasteiger partial charge in [-0.05, 0) is 24.8 Å². The van der Waals surface area contributed by atoms with Crippen molar-refractivity contribution in [3.05, 3.63) is 16.9 Å². The van der Waals surface area contributed by atoms with Crippen LogP contribution in [0, 0.1) is 5.92 Å². The molecule has 16 heavy (non-hydrogen) atoms. The number of hydrogen-bond acceptors (Lipinski definition) is 3. The van der Waals surface area contributed by atoms with Crippen LogP contribution < -0.4 is 5.73 Å². The maximum Gasteiger partial charge on any atom is 0.221 e. The molecule has 0 aromatic carbocycles. The van der Waals surface area contributed by atoms with Gasteiger partial charge in [0.2, 0.25) is 5.95 Å². The van der Waals surface area contributed by atoms with Gasteiger partial charge < -0.3 is 5.73 Å². The van der Waals surface area contributed by atoms with E-state index in [0.29, 0.717) is 5.15 Å². The quantitative estimate of drug-likeness (QED) is 0.824. The van der Waals surface area contributed by atoms with E-state index in [1.165, 1.54) is 38.5 Å². The first-order valence-corrected chi connectivity index (χ1v) is 6.41. The van der Waals surface area contributed by atoms with Crippen molar-refractivity contribution in [2.75, 3.05) is 5.73 Å². The van der Waals surface area contributed by atoms with Gasteiger partial charge in [0.15, 0.2) is 0 Å². The Morgan fingerprint density at radius 3 is 2.69 bits per heavy atom. The highest BCUT2D eigenvalue weighted by Crippen LogP contribution is 2.27. The number of nitrogens with two attached hydrogens (primary N) is 1. The molecule has 2 N–H and O–H groups in total. The minimum absolute atomic E-state index is 0.283. The Hall–Kier alpha value is -0.830. The van der Waals surface area contributed by atoms with Crippen molar-refractivity contribution in [2.45, 2.75) is 44.9 Å². The number of aryl methyl sites for hydroxylation is 1. The highest BCUT2D eigenvalue weighted by Gasteiger charge is 2.13. The molecular weight excluding hydrogens is 222 g/mol. The van der Waals surface area contributed by atoms with Gasteiger partial charge in [-0.15, -0.1) is 0 Å². The second-order valence-electron chi connectivity index (χ2n) is 4.58. The summed E-state index contributed by atoms with van der Waals surface area (Å²) in [5, 5.41) is 0.450. The highest BCUT2D eigenvalue weighted by atomic mass is 35.5. The van der Waals surface area contributed by atoms with Crippen LogP contribution in [0.3, 0.4) is 0 Å². The van der Waals surface area contributed by atoms with E-state index in [9.17, 15) is 0 Å². The average Bonchev–Trinajstić information content (AvgIpc) is 2.27. The summed E-state index contributed by atoms with van der Waals surface area (Å²) in [5.41, 5.74) is 6.54. The fourth-order valence-electron chi connectivity index (χ4n) is 2.44. The molecule has 4 heteroatoms. The predicted molar refractivity (Wildman–Crippen MR) is 66.4 cm³/mol. The number of halogens is 1. The molecule has 1 aliphatic carbocycles. The third-order valence-corrected chi connectivity index (χ3v) is 3.49. The molecule has 1 saturated carbocycles. The van der Waals surface area contributed by atoms with Crippen LogP contribution in [0.25, 0.3) is 0 Å². The van der Waals surface area contributed by atoms with Gasteiger partial charge in [0.25, 0.3) is 0 Å². The van der Waals surface area contributed by atoms with Gasteiger partial charge >= 0.3 is 0 Å². The van der Waals surface area contributed by atoms with Crippen molar-refractivity contribution in [1.82, 2.24) is 9.97 Å². The van der Waals surface area contributed by atoms with E-state index in [4.69, 9.17) is 17.3 Å². The molecule has 0 spiro atoms. The number of rotatable bonds is 3. The molecule has 1 aliphatic rings. The molecule has 0 unspecified atom stereocenters. The zero-order chi connectivity index (χ0) is 11.4. The van der Waals surface area contributed by atoms with E-state index in [-0.39, 0.29) is 5.95 Å². The van der Waals surface area contributed by atoms with Crippen LogP contribution in [-0.4, -0.2) is 9.97 Å². The van der Waals surface area contributed by atoms with Crippen molar-refractivity contribution in [2.24, 2.45) is 5.92 Å². The largest absolute Gasteiger partial charge is 0.368 e. The van der Waals surface area contributed by atoms with Crippen LogP contribution in [0.1, 0.15) is 44.2 Å². The van der Waals surface area contributed by atoms with Crippen molar-refractivity contribution >= 4 is 17.5 Å². The van der Waals surface area contributed by atoms with Crippen LogP contribution in [0.15, 0.2) is 6.07 Å². The average molecular weight is 240 g/mol. The first-order chi connectivity index (χ1) is 7.74. The summed E-state index contributed by atoms with van der Waals surface area (Å²) >= 11 is 5.84. The molecule has 0 radical (unpaired) electrons. The SMILES string of the molecule is Nc1nc(Cl)cc(CCC2CCCCC2)n1. The van der Waals surface area contributed by atoms with E-state index in [1.54, 1.807) is 0 Å². The molecule has 0 atom stereocenters. The maximum absolute atomic E-state index is 5.84. The summed E-state index contributed by atoms with van der Waals surface area (Å²) in [7, 11) is 0. The minimum atomic E-state index is 0.283. The summed E-state index contributed by atoms with van der Waals surface area (Å²) in [6, 6.07) is 1.82. The first kappa shape index (κ1) is 11.6. The van der Waals surface area contributed by atoms with E-state index in [1.807, 2.05) is 6.07 Å². The summed E-state index contributed by atoms with van der Waals surface area (Å²) in [6.07, 6.45) is 9.09. The lowest BCUT2D eigenvalue weighted by molar-refractivity contribution is 0.338. The van der Waals surface area contributed by atoms with Crippen LogP contribution in [0.5, 0.6) is 0 Å². The summed E-state index contributed by atoms with van der Waals surface area (Å²) < 4.78 is 0. The van der Waals surface area contributed by atoms with Gasteiger partial charge in [-0.25, -0.2) is 9.97 Å². The van der Waals surface area contributed by atoms with Gasteiger partial charge in [-0.1, -0.05) is 43.7 Å². The molecule has 0 aliphatic heterocycles. The van der Waals surface area contributed by atoms with Gasteiger partial charge in [0.1, 0.15) is 5.15 Å². The molecule has 2 rings (SSSR count). The fraction of sp³-hybridized carbons (Fsp3) is 0.667. The van der Waals surface area contributed by atoms with Crippen LogP contribution in [-0.2, 0) is 6.42 Å². The van der Waals surface area contributed by atoms with Gasteiger partial charge in [0.05, 0.1) is 0 Å². The van der Waals surface area contributed by atoms with Crippen LogP contribution in [0.4, 0.5) is 5.95 Å². The Labute approximate surface area is 101 Å². The second kappa shape index (κ2) is 5.48. The van der Waals surface area contributed by atoms with Gasteiger partial charge in [-0.3, -0.25) is 0 Å². The van der Waals surface area contributed by atoms with Gasteiger partial charge in [-0.2, -0.15) is 0 Å². The number of nitrogens with zero attached hydrogens (tertiary/aromatic N) is 2. The number of anilines is 1. The third-order valence-electron chi connectivity index (χ3n) is 3.30. The Morgan fingerprint density at radius 2 is 2.00 bits per heavy atom. The lowest BCUT2D eigenvalue weighted by atomic mass is 9.86. The number of aromatic nitrogens is 2. The Morgan fingerprint density at radius 1 is 1.25 bits per heavy atom. The monoisotopic (exact) mass is 239 g/mol. The van der Waals surface area contributed by atoms with E-state index in [2.05, 4.69) is 9.97 Å². The second-order valence-corrected chi connectivity index (χ2v) is 4.97. The number of hydrogen-bond donors (Lipinski definition) is 1. The molecule has 0 bridgehead atoms. The smallest absolute Gasteiger partial charge is 0.221 e. The molecule has 0 amide bonds. The van der Waals surface area contributed by atoms with E-state index < -0.39 is 0 Å². The van der Waals surface area contributed by atoms with E-state index in [0.717, 1.165) is 18.0 Å². The highest BCUT2D eigenvalue weighted by molar-refractivity contribution is 6.29. The van der Waals surface area contributed by atoms with Crippen molar-refractivity contribution in [3.63, 3.8) is 0 Å². The normalized spacial score (nSPS) is 17.6. The lowest BCUT2D eigenvalue weighted by Gasteiger charge is -2.21. The Balaban J connectivity index is 1.88. The lowest BCUT2D eigenvalue weighted by Crippen LogP contribution is -2.08. The molecule has 3 nitrogen and oxygen atoms in total. The molecule has 1 heterocycles. The standard InChI is InChI=1S/C12H18ClN3/c13-11-8-10(15-12(14)16-11)7-6-9-4-2-1-3-5-9/h8-9H,1-7H2,(H2,14,15,16). The molecule has 1 fully saturated rings. The Bertz CT molecular complexity index is 328. The van der Waals surface area contributed by atoms with Crippen LogP contribution in [0.2, 0.25) is 5.15 Å². The summed E-state index contributed by atoms with van der Waals surface area (Å²) in [6.45, 7) is 0. The van der Waals surface area contributed by atoms with E-state index >= 15 is 0 Å². The zero-order valence-electron chi connectivity index (χ0n) is 9.45. The van der Waals surface area contributed by atoms with Crippen molar-refractivity contribution in [1.29, 1.82) is 0 Å². The summed E-state index contributed by atoms with van der Waals surface area (Å²) in [4.78, 5) is 8.06. The molecule has 1 aromatic rings. The molecule has 88 valence electrons.